The van der Waals surface area contributed by atoms with E-state index in [0.717, 1.165) is 99.0 Å². The lowest BCUT2D eigenvalue weighted by Crippen LogP contribution is -2.34. The fourth-order valence-electron chi connectivity index (χ4n) is 7.89. The summed E-state index contributed by atoms with van der Waals surface area (Å²) in [7, 11) is 0. The van der Waals surface area contributed by atoms with Gasteiger partial charge in [-0.15, -0.1) is 0 Å². The highest BCUT2D eigenvalue weighted by molar-refractivity contribution is 6.21. The standard InChI is InChI=1S/C46H28N8/c1-3-11-27(12-4-1)35-37(53-45-33-17-9-25-49-41(33)39-31(43(45)51-35)15-7-23-47-39)29-19-21-30(22-20-29)38-36(28-13-5-2-6-14-28)52-44-32-16-8-24-48-40(32)42-34(46(44)54-38)18-10-26-50-42/h1-26,35,37H. The largest absolute Gasteiger partial charge is 0.272 e. The van der Waals surface area contributed by atoms with Crippen molar-refractivity contribution >= 4 is 54.6 Å². The first-order valence-electron chi connectivity index (χ1n) is 17.9. The number of pyridine rings is 4. The van der Waals surface area contributed by atoms with Crippen LogP contribution < -0.4 is 10.7 Å². The maximum atomic E-state index is 5.52. The molecule has 2 unspecified atom stereocenters. The first-order valence-corrected chi connectivity index (χ1v) is 17.9. The Morgan fingerprint density at radius 2 is 0.704 bits per heavy atom. The minimum Gasteiger partial charge on any atom is -0.272 e. The van der Waals surface area contributed by atoms with Crippen molar-refractivity contribution in [3.8, 4) is 22.5 Å². The zero-order valence-electron chi connectivity index (χ0n) is 28.7. The monoisotopic (exact) mass is 692 g/mol. The molecule has 5 aromatic carbocycles. The van der Waals surface area contributed by atoms with Crippen molar-refractivity contribution < 1.29 is 0 Å². The third-order valence-electron chi connectivity index (χ3n) is 10.4. The van der Waals surface area contributed by atoms with Crippen LogP contribution in [0.15, 0.2) is 168 Å². The van der Waals surface area contributed by atoms with Crippen molar-refractivity contribution in [1.29, 1.82) is 0 Å². The number of rotatable bonds is 4. The van der Waals surface area contributed by atoms with Gasteiger partial charge in [0.25, 0.3) is 0 Å². The van der Waals surface area contributed by atoms with Gasteiger partial charge in [-0.05, 0) is 59.7 Å². The van der Waals surface area contributed by atoms with Crippen molar-refractivity contribution in [2.45, 2.75) is 12.1 Å². The molecule has 0 saturated carbocycles. The zero-order chi connectivity index (χ0) is 35.6. The summed E-state index contributed by atoms with van der Waals surface area (Å²) in [5, 5.41) is 5.43. The van der Waals surface area contributed by atoms with Gasteiger partial charge in [-0.2, -0.15) is 0 Å². The fraction of sp³-hybridized carbons (Fsp3) is 0.0435. The van der Waals surface area contributed by atoms with Crippen LogP contribution >= 0.6 is 0 Å². The SMILES string of the molecule is c1ccc(-c2nc3c4cccnc4c4ncccc4c3nc2-c2ccc(C3N=c4c(c5cccnc5c5ncccc45)=NC3c3ccccc3)cc2)cc1. The van der Waals surface area contributed by atoms with E-state index in [4.69, 9.17) is 39.9 Å². The molecule has 11 rings (SSSR count). The molecule has 0 saturated heterocycles. The van der Waals surface area contributed by atoms with Gasteiger partial charge in [-0.25, -0.2) is 9.97 Å². The number of fused-ring (bicyclic) bond motifs is 12. The van der Waals surface area contributed by atoms with Crippen LogP contribution in [0, 0.1) is 0 Å². The van der Waals surface area contributed by atoms with Crippen LogP contribution in [0.3, 0.4) is 0 Å². The molecule has 54 heavy (non-hydrogen) atoms. The molecule has 0 aliphatic carbocycles. The number of hydrogen-bond acceptors (Lipinski definition) is 8. The lowest BCUT2D eigenvalue weighted by molar-refractivity contribution is 0.539. The summed E-state index contributed by atoms with van der Waals surface area (Å²) < 4.78 is 0. The first-order chi connectivity index (χ1) is 26.8. The summed E-state index contributed by atoms with van der Waals surface area (Å²) in [6.07, 6.45) is 7.22. The van der Waals surface area contributed by atoms with Gasteiger partial charge in [0.1, 0.15) is 12.1 Å². The topological polar surface area (TPSA) is 102 Å². The quantitative estimate of drug-likeness (QED) is 0.171. The predicted octanol–water partition coefficient (Wildman–Crippen LogP) is 8.89. The second kappa shape index (κ2) is 12.1. The summed E-state index contributed by atoms with van der Waals surface area (Å²) in [4.78, 5) is 40.7. The highest BCUT2D eigenvalue weighted by atomic mass is 15.0. The lowest BCUT2D eigenvalue weighted by Gasteiger charge is -2.25. The van der Waals surface area contributed by atoms with Gasteiger partial charge in [0.05, 0.1) is 55.2 Å². The lowest BCUT2D eigenvalue weighted by atomic mass is 9.91. The van der Waals surface area contributed by atoms with E-state index in [1.807, 2.05) is 60.9 Å². The first kappa shape index (κ1) is 30.3. The molecule has 2 atom stereocenters. The second-order valence-electron chi connectivity index (χ2n) is 13.5. The van der Waals surface area contributed by atoms with E-state index >= 15 is 0 Å². The predicted molar refractivity (Wildman–Crippen MR) is 212 cm³/mol. The molecular formula is C46H28N8. The molecule has 0 amide bonds. The normalized spacial score (nSPS) is 15.3. The zero-order valence-corrected chi connectivity index (χ0v) is 28.7. The van der Waals surface area contributed by atoms with Crippen molar-refractivity contribution in [3.05, 3.63) is 180 Å². The average molecular weight is 693 g/mol. The van der Waals surface area contributed by atoms with E-state index in [9.17, 15) is 0 Å². The molecule has 0 fully saturated rings. The Morgan fingerprint density at radius 3 is 1.19 bits per heavy atom. The average Bonchev–Trinajstić information content (AvgIpc) is 3.26. The molecule has 0 radical (unpaired) electrons. The van der Waals surface area contributed by atoms with Crippen LogP contribution in [0.5, 0.6) is 0 Å². The van der Waals surface area contributed by atoms with Crippen molar-refractivity contribution in [2.75, 3.05) is 0 Å². The Labute approximate surface area is 308 Å². The number of aromatic nitrogens is 6. The molecule has 8 nitrogen and oxygen atoms in total. The van der Waals surface area contributed by atoms with Crippen LogP contribution in [0.1, 0.15) is 23.2 Å². The second-order valence-corrected chi connectivity index (χ2v) is 13.5. The van der Waals surface area contributed by atoms with E-state index in [-0.39, 0.29) is 12.1 Å². The third kappa shape index (κ3) is 4.70. The molecule has 1 aliphatic rings. The van der Waals surface area contributed by atoms with Crippen molar-refractivity contribution in [3.63, 3.8) is 0 Å². The van der Waals surface area contributed by atoms with Gasteiger partial charge in [0.15, 0.2) is 0 Å². The highest BCUT2D eigenvalue weighted by Crippen LogP contribution is 2.40. The molecular weight excluding hydrogens is 665 g/mol. The van der Waals surface area contributed by atoms with E-state index in [2.05, 4.69) is 84.9 Å². The van der Waals surface area contributed by atoms with Gasteiger partial charge in [0, 0.05) is 57.5 Å². The Morgan fingerprint density at radius 1 is 0.315 bits per heavy atom. The summed E-state index contributed by atoms with van der Waals surface area (Å²) in [5.74, 6) is 0. The van der Waals surface area contributed by atoms with Crippen LogP contribution in [-0.4, -0.2) is 29.9 Å². The summed E-state index contributed by atoms with van der Waals surface area (Å²) >= 11 is 0. The van der Waals surface area contributed by atoms with Crippen LogP contribution in [0.25, 0.3) is 77.2 Å². The number of benzene rings is 5. The molecule has 10 aromatic rings. The minimum atomic E-state index is -0.281. The van der Waals surface area contributed by atoms with Gasteiger partial charge >= 0.3 is 0 Å². The van der Waals surface area contributed by atoms with Gasteiger partial charge < -0.3 is 0 Å². The Bertz CT molecular complexity index is 3220. The highest BCUT2D eigenvalue weighted by Gasteiger charge is 2.28. The van der Waals surface area contributed by atoms with Gasteiger partial charge in [-0.1, -0.05) is 84.9 Å². The van der Waals surface area contributed by atoms with E-state index in [0.29, 0.717) is 0 Å². The molecule has 6 heterocycles. The van der Waals surface area contributed by atoms with Crippen molar-refractivity contribution in [2.24, 2.45) is 9.98 Å². The van der Waals surface area contributed by atoms with E-state index in [1.54, 1.807) is 12.4 Å². The summed E-state index contributed by atoms with van der Waals surface area (Å²) in [6.45, 7) is 0. The Balaban J connectivity index is 1.13. The summed E-state index contributed by atoms with van der Waals surface area (Å²) in [6, 6.07) is 44.8. The van der Waals surface area contributed by atoms with E-state index in [1.165, 1.54) is 0 Å². The fourth-order valence-corrected chi connectivity index (χ4v) is 7.89. The molecule has 1 aliphatic heterocycles. The van der Waals surface area contributed by atoms with Crippen LogP contribution in [0.4, 0.5) is 0 Å². The van der Waals surface area contributed by atoms with Crippen LogP contribution in [-0.2, 0) is 0 Å². The smallest absolute Gasteiger partial charge is 0.102 e. The number of nitrogens with zero attached hydrogens (tertiary/aromatic N) is 8. The molecule has 8 heteroatoms. The molecule has 0 N–H and O–H groups in total. The van der Waals surface area contributed by atoms with E-state index < -0.39 is 0 Å². The van der Waals surface area contributed by atoms with Gasteiger partial charge in [-0.3, -0.25) is 29.9 Å². The van der Waals surface area contributed by atoms with Crippen molar-refractivity contribution in [1.82, 2.24) is 29.9 Å². The Hall–Kier alpha value is -7.32. The minimum absolute atomic E-state index is 0.247. The maximum absolute atomic E-state index is 5.52. The molecule has 252 valence electrons. The molecule has 0 bridgehead atoms. The Kier molecular flexibility index (Phi) is 6.81. The van der Waals surface area contributed by atoms with Gasteiger partial charge in [0.2, 0.25) is 0 Å². The molecule has 0 spiro atoms. The summed E-state index contributed by atoms with van der Waals surface area (Å²) in [5.41, 5.74) is 10.6. The molecule has 5 aromatic heterocycles. The van der Waals surface area contributed by atoms with Crippen LogP contribution in [0.2, 0.25) is 0 Å². The number of hydrogen-bond donors (Lipinski definition) is 0. The maximum Gasteiger partial charge on any atom is 0.102 e. The third-order valence-corrected chi connectivity index (χ3v) is 10.4.